The number of anilines is 6. The predicted molar refractivity (Wildman–Crippen MR) is 216 cm³/mol. The molecule has 0 fully saturated rings. The van der Waals surface area contributed by atoms with Crippen LogP contribution in [0.15, 0.2) is 179 Å². The number of rotatable bonds is 6. The van der Waals surface area contributed by atoms with Gasteiger partial charge in [-0.05, 0) is 97.1 Å². The average Bonchev–Trinajstić information content (AvgIpc) is 3.20. The zero-order chi connectivity index (χ0) is 35.3. The minimum absolute atomic E-state index is 0.0721. The Morgan fingerprint density at radius 1 is 0.327 bits per heavy atom. The SMILES string of the molecule is Cn1c2ccc(N(c3ccccc3)c3ccccc3)cc2c(=O)c2cc3c(cc21)c(=O)c1cc(N(c2ccccc2)c2ccccc2)ccc1n3C. The van der Waals surface area contributed by atoms with E-state index >= 15 is 0 Å². The monoisotopic (exact) mass is 674 g/mol. The first-order chi connectivity index (χ1) is 25.5. The highest BCUT2D eigenvalue weighted by molar-refractivity contribution is 6.05. The molecule has 2 heterocycles. The van der Waals surface area contributed by atoms with Crippen molar-refractivity contribution in [2.45, 2.75) is 0 Å². The first kappa shape index (κ1) is 31.1. The van der Waals surface area contributed by atoms with E-state index in [9.17, 15) is 9.59 Å². The maximum atomic E-state index is 14.5. The second kappa shape index (κ2) is 12.4. The Balaban J connectivity index is 1.24. The van der Waals surface area contributed by atoms with Crippen molar-refractivity contribution in [3.8, 4) is 0 Å². The Morgan fingerprint density at radius 3 is 0.923 bits per heavy atom. The van der Waals surface area contributed by atoms with Crippen LogP contribution in [-0.2, 0) is 14.1 Å². The Bertz CT molecular complexity index is 2620. The second-order valence-corrected chi connectivity index (χ2v) is 13.1. The highest BCUT2D eigenvalue weighted by Gasteiger charge is 2.19. The molecule has 7 aromatic carbocycles. The highest BCUT2D eigenvalue weighted by atomic mass is 16.1. The van der Waals surface area contributed by atoms with Crippen molar-refractivity contribution in [2.24, 2.45) is 14.1 Å². The summed E-state index contributed by atoms with van der Waals surface area (Å²) in [5.74, 6) is 0. The summed E-state index contributed by atoms with van der Waals surface area (Å²) in [5.41, 5.74) is 8.63. The molecule has 0 aliphatic heterocycles. The van der Waals surface area contributed by atoms with Crippen LogP contribution in [0.5, 0.6) is 0 Å². The smallest absolute Gasteiger partial charge is 0.197 e. The summed E-state index contributed by atoms with van der Waals surface area (Å²) in [7, 11) is 3.92. The van der Waals surface area contributed by atoms with Crippen LogP contribution in [0, 0.1) is 0 Å². The van der Waals surface area contributed by atoms with Gasteiger partial charge in [-0.3, -0.25) is 9.59 Å². The topological polar surface area (TPSA) is 50.5 Å². The zero-order valence-corrected chi connectivity index (χ0v) is 28.8. The molecule has 0 radical (unpaired) electrons. The number of aromatic nitrogens is 2. The standard InChI is InChI=1S/C46H34N4O2/c1-47-41-25-23-35(49(31-15-7-3-8-16-31)32-17-9-4-10-18-32)27-37(41)45(51)39-30-44-40(29-43(39)47)46(52)38-28-36(24-26-42(38)48(44)2)50(33-19-11-5-12-20-33)34-21-13-6-14-22-34/h3-30H,1-2H3. The van der Waals surface area contributed by atoms with Gasteiger partial charge in [0, 0.05) is 69.8 Å². The molecule has 6 heteroatoms. The van der Waals surface area contributed by atoms with Crippen LogP contribution in [0.4, 0.5) is 34.1 Å². The molecule has 0 aliphatic carbocycles. The third-order valence-electron chi connectivity index (χ3n) is 10.1. The lowest BCUT2D eigenvalue weighted by Crippen LogP contribution is -2.15. The molecule has 0 amide bonds. The van der Waals surface area contributed by atoms with Crippen LogP contribution >= 0.6 is 0 Å². The van der Waals surface area contributed by atoms with Crippen LogP contribution in [0.2, 0.25) is 0 Å². The molecule has 0 saturated carbocycles. The highest BCUT2D eigenvalue weighted by Crippen LogP contribution is 2.38. The van der Waals surface area contributed by atoms with Gasteiger partial charge in [0.25, 0.3) is 0 Å². The lowest BCUT2D eigenvalue weighted by Gasteiger charge is -2.26. The van der Waals surface area contributed by atoms with E-state index in [1.165, 1.54) is 0 Å². The maximum Gasteiger partial charge on any atom is 0.197 e. The minimum Gasteiger partial charge on any atom is -0.343 e. The number of nitrogens with zero attached hydrogens (tertiary/aromatic N) is 4. The van der Waals surface area contributed by atoms with Gasteiger partial charge >= 0.3 is 0 Å². The number of benzene rings is 7. The minimum atomic E-state index is -0.0721. The molecule has 0 bridgehead atoms. The Morgan fingerprint density at radius 2 is 0.615 bits per heavy atom. The fraction of sp³-hybridized carbons (Fsp3) is 0.0435. The third-order valence-corrected chi connectivity index (χ3v) is 10.1. The van der Waals surface area contributed by atoms with Gasteiger partial charge in [-0.2, -0.15) is 0 Å². The normalized spacial score (nSPS) is 11.4. The number of fused-ring (bicyclic) bond motifs is 4. The van der Waals surface area contributed by atoms with Crippen LogP contribution in [0.25, 0.3) is 43.6 Å². The Labute approximate surface area is 300 Å². The molecule has 0 saturated heterocycles. The summed E-state index contributed by atoms with van der Waals surface area (Å²) in [6.07, 6.45) is 0. The summed E-state index contributed by atoms with van der Waals surface area (Å²) >= 11 is 0. The van der Waals surface area contributed by atoms with Crippen LogP contribution in [0.3, 0.4) is 0 Å². The lowest BCUT2D eigenvalue weighted by molar-refractivity contribution is 0.993. The summed E-state index contributed by atoms with van der Waals surface area (Å²) in [4.78, 5) is 33.2. The fourth-order valence-corrected chi connectivity index (χ4v) is 7.52. The van der Waals surface area contributed by atoms with E-state index in [1.807, 2.05) is 145 Å². The first-order valence-corrected chi connectivity index (χ1v) is 17.3. The van der Waals surface area contributed by atoms with E-state index in [4.69, 9.17) is 0 Å². The van der Waals surface area contributed by atoms with Gasteiger partial charge in [0.05, 0.1) is 22.1 Å². The largest absolute Gasteiger partial charge is 0.343 e. The van der Waals surface area contributed by atoms with Gasteiger partial charge in [0.1, 0.15) is 0 Å². The van der Waals surface area contributed by atoms with Crippen LogP contribution < -0.4 is 20.7 Å². The third kappa shape index (κ3) is 5.04. The van der Waals surface area contributed by atoms with Gasteiger partial charge in [-0.15, -0.1) is 0 Å². The molecular weight excluding hydrogens is 641 g/mol. The number of para-hydroxylation sites is 4. The molecule has 6 nitrogen and oxygen atoms in total. The van der Waals surface area contributed by atoms with Crippen molar-refractivity contribution >= 4 is 77.7 Å². The molecule has 52 heavy (non-hydrogen) atoms. The molecule has 9 aromatic rings. The van der Waals surface area contributed by atoms with Crippen molar-refractivity contribution in [3.05, 3.63) is 190 Å². The van der Waals surface area contributed by atoms with Crippen molar-refractivity contribution in [1.29, 1.82) is 0 Å². The average molecular weight is 675 g/mol. The fourth-order valence-electron chi connectivity index (χ4n) is 7.52. The van der Waals surface area contributed by atoms with Gasteiger partial charge < -0.3 is 18.9 Å². The van der Waals surface area contributed by atoms with Gasteiger partial charge in [0.15, 0.2) is 10.9 Å². The molecule has 0 spiro atoms. The molecule has 250 valence electrons. The number of aryl methyl sites for hydroxylation is 2. The zero-order valence-electron chi connectivity index (χ0n) is 28.8. The summed E-state index contributed by atoms with van der Waals surface area (Å²) in [6, 6.07) is 56.5. The number of pyridine rings is 2. The molecule has 0 unspecified atom stereocenters. The quantitative estimate of drug-likeness (QED) is 0.165. The first-order valence-electron chi connectivity index (χ1n) is 17.3. The molecular formula is C46H34N4O2. The summed E-state index contributed by atoms with van der Waals surface area (Å²) in [5, 5.41) is 2.36. The van der Waals surface area contributed by atoms with Crippen LogP contribution in [-0.4, -0.2) is 9.13 Å². The van der Waals surface area contributed by atoms with E-state index in [2.05, 4.69) is 58.3 Å². The Kier molecular flexibility index (Phi) is 7.44. The van der Waals surface area contributed by atoms with Crippen molar-refractivity contribution in [1.82, 2.24) is 9.13 Å². The van der Waals surface area contributed by atoms with E-state index in [0.717, 1.165) is 45.2 Å². The van der Waals surface area contributed by atoms with Crippen molar-refractivity contribution in [2.75, 3.05) is 9.80 Å². The van der Waals surface area contributed by atoms with Gasteiger partial charge in [-0.1, -0.05) is 72.8 Å². The van der Waals surface area contributed by atoms with E-state index in [1.54, 1.807) is 0 Å². The molecule has 9 rings (SSSR count). The van der Waals surface area contributed by atoms with Gasteiger partial charge in [-0.25, -0.2) is 0 Å². The summed E-state index contributed by atoms with van der Waals surface area (Å²) < 4.78 is 4.05. The second-order valence-electron chi connectivity index (χ2n) is 13.1. The number of hydrogen-bond donors (Lipinski definition) is 0. The van der Waals surface area contributed by atoms with Crippen molar-refractivity contribution in [3.63, 3.8) is 0 Å². The predicted octanol–water partition coefficient (Wildman–Crippen LogP) is 10.6. The van der Waals surface area contributed by atoms with E-state index in [0.29, 0.717) is 32.6 Å². The maximum absolute atomic E-state index is 14.5. The molecule has 0 N–H and O–H groups in total. The molecule has 2 aromatic heterocycles. The molecule has 0 atom stereocenters. The number of hydrogen-bond acceptors (Lipinski definition) is 4. The van der Waals surface area contributed by atoms with Crippen molar-refractivity contribution < 1.29 is 0 Å². The molecule has 0 aliphatic rings. The lowest BCUT2D eigenvalue weighted by atomic mass is 10.0. The van der Waals surface area contributed by atoms with E-state index < -0.39 is 0 Å². The van der Waals surface area contributed by atoms with Crippen LogP contribution in [0.1, 0.15) is 0 Å². The Hall–Kier alpha value is -6.92. The summed E-state index contributed by atoms with van der Waals surface area (Å²) in [6.45, 7) is 0. The van der Waals surface area contributed by atoms with E-state index in [-0.39, 0.29) is 10.9 Å². The van der Waals surface area contributed by atoms with Gasteiger partial charge in [0.2, 0.25) is 0 Å².